The SMILES string of the molecule is NC1c2ccccc2CC1S(=O)c1cccc(Br)c1. The van der Waals surface area contributed by atoms with Gasteiger partial charge in [-0.25, -0.2) is 0 Å². The van der Waals surface area contributed by atoms with Gasteiger partial charge in [-0.15, -0.1) is 0 Å². The molecule has 0 amide bonds. The van der Waals surface area contributed by atoms with Crippen molar-refractivity contribution in [3.05, 3.63) is 64.1 Å². The second-order valence-corrected chi connectivity index (χ2v) is 7.31. The van der Waals surface area contributed by atoms with Crippen LogP contribution in [0, 0.1) is 0 Å². The first-order valence-corrected chi connectivity index (χ1v) is 8.17. The lowest BCUT2D eigenvalue weighted by molar-refractivity contribution is 0.646. The zero-order chi connectivity index (χ0) is 13.4. The van der Waals surface area contributed by atoms with E-state index in [4.69, 9.17) is 5.73 Å². The highest BCUT2D eigenvalue weighted by Gasteiger charge is 2.34. The van der Waals surface area contributed by atoms with Crippen molar-refractivity contribution in [2.45, 2.75) is 22.6 Å². The second kappa shape index (κ2) is 5.19. The third-order valence-electron chi connectivity index (χ3n) is 3.54. The Morgan fingerprint density at radius 1 is 1.16 bits per heavy atom. The molecule has 19 heavy (non-hydrogen) atoms. The predicted octanol–water partition coefficient (Wildman–Crippen LogP) is 3.18. The maximum Gasteiger partial charge on any atom is 0.0627 e. The highest BCUT2D eigenvalue weighted by Crippen LogP contribution is 2.34. The van der Waals surface area contributed by atoms with E-state index < -0.39 is 10.8 Å². The van der Waals surface area contributed by atoms with Crippen LogP contribution in [0.5, 0.6) is 0 Å². The summed E-state index contributed by atoms with van der Waals surface area (Å²) in [5.41, 5.74) is 8.62. The van der Waals surface area contributed by atoms with Gasteiger partial charge in [0.05, 0.1) is 16.0 Å². The Morgan fingerprint density at radius 3 is 2.68 bits per heavy atom. The van der Waals surface area contributed by atoms with E-state index in [1.807, 2.05) is 42.5 Å². The number of nitrogens with two attached hydrogens (primary N) is 1. The first kappa shape index (κ1) is 13.0. The Kier molecular flexibility index (Phi) is 3.56. The zero-order valence-corrected chi connectivity index (χ0v) is 12.7. The van der Waals surface area contributed by atoms with Crippen LogP contribution in [0.1, 0.15) is 17.2 Å². The molecule has 98 valence electrons. The predicted molar refractivity (Wildman–Crippen MR) is 81.4 cm³/mol. The van der Waals surface area contributed by atoms with E-state index in [0.717, 1.165) is 21.4 Å². The Balaban J connectivity index is 1.91. The van der Waals surface area contributed by atoms with Gasteiger partial charge in [0, 0.05) is 15.4 Å². The monoisotopic (exact) mass is 335 g/mol. The maximum atomic E-state index is 12.7. The summed E-state index contributed by atoms with van der Waals surface area (Å²) in [6.07, 6.45) is 0.788. The Hall–Kier alpha value is -0.970. The van der Waals surface area contributed by atoms with Gasteiger partial charge >= 0.3 is 0 Å². The molecular weight excluding hydrogens is 322 g/mol. The van der Waals surface area contributed by atoms with Gasteiger partial charge in [0.1, 0.15) is 0 Å². The third kappa shape index (κ3) is 2.40. The first-order valence-electron chi connectivity index (χ1n) is 6.16. The van der Waals surface area contributed by atoms with Crippen LogP contribution >= 0.6 is 15.9 Å². The van der Waals surface area contributed by atoms with Crippen LogP contribution < -0.4 is 5.73 Å². The summed E-state index contributed by atoms with van der Waals surface area (Å²) in [6.45, 7) is 0. The van der Waals surface area contributed by atoms with Crippen LogP contribution in [0.2, 0.25) is 0 Å². The minimum absolute atomic E-state index is 0.0355. The van der Waals surface area contributed by atoms with E-state index in [-0.39, 0.29) is 11.3 Å². The average Bonchev–Trinajstić information content (AvgIpc) is 2.76. The molecule has 0 saturated carbocycles. The minimum Gasteiger partial charge on any atom is -0.323 e. The summed E-state index contributed by atoms with van der Waals surface area (Å²) in [5.74, 6) is 0. The lowest BCUT2D eigenvalue weighted by Gasteiger charge is -2.15. The van der Waals surface area contributed by atoms with Crippen LogP contribution in [0.3, 0.4) is 0 Å². The van der Waals surface area contributed by atoms with Gasteiger partial charge in [0.15, 0.2) is 0 Å². The molecule has 1 aliphatic rings. The molecule has 4 heteroatoms. The molecule has 3 atom stereocenters. The van der Waals surface area contributed by atoms with Gasteiger partial charge in [-0.3, -0.25) is 4.21 Å². The average molecular weight is 336 g/mol. The topological polar surface area (TPSA) is 43.1 Å². The van der Waals surface area contributed by atoms with Crippen molar-refractivity contribution in [1.82, 2.24) is 0 Å². The standard InChI is InChI=1S/C15H14BrNOS/c16-11-5-3-6-12(9-11)19(18)14-8-10-4-1-2-7-13(10)15(14)17/h1-7,9,14-15H,8,17H2. The largest absolute Gasteiger partial charge is 0.323 e. The molecule has 1 aliphatic carbocycles. The molecule has 2 nitrogen and oxygen atoms in total. The lowest BCUT2D eigenvalue weighted by Crippen LogP contribution is -2.26. The summed E-state index contributed by atoms with van der Waals surface area (Å²) >= 11 is 3.42. The van der Waals surface area contributed by atoms with E-state index in [1.54, 1.807) is 0 Å². The normalized spacial score (nSPS) is 23.1. The molecule has 0 saturated heterocycles. The number of fused-ring (bicyclic) bond motifs is 1. The highest BCUT2D eigenvalue weighted by molar-refractivity contribution is 9.10. The van der Waals surface area contributed by atoms with Crippen LogP contribution in [0.25, 0.3) is 0 Å². The van der Waals surface area contributed by atoms with Crippen molar-refractivity contribution in [1.29, 1.82) is 0 Å². The molecule has 0 radical (unpaired) electrons. The summed E-state index contributed by atoms with van der Waals surface area (Å²) in [6, 6.07) is 15.6. The molecule has 0 heterocycles. The molecule has 0 aliphatic heterocycles. The van der Waals surface area contributed by atoms with Gasteiger partial charge < -0.3 is 5.73 Å². The fraction of sp³-hybridized carbons (Fsp3) is 0.200. The van der Waals surface area contributed by atoms with E-state index in [2.05, 4.69) is 22.0 Å². The Labute approximate surface area is 123 Å². The smallest absolute Gasteiger partial charge is 0.0627 e. The van der Waals surface area contributed by atoms with E-state index in [0.29, 0.717) is 0 Å². The van der Waals surface area contributed by atoms with Crippen molar-refractivity contribution in [2.75, 3.05) is 0 Å². The van der Waals surface area contributed by atoms with Crippen molar-refractivity contribution in [3.63, 3.8) is 0 Å². The quantitative estimate of drug-likeness (QED) is 0.915. The number of rotatable bonds is 2. The Morgan fingerprint density at radius 2 is 1.95 bits per heavy atom. The van der Waals surface area contributed by atoms with Gasteiger partial charge in [-0.1, -0.05) is 46.3 Å². The van der Waals surface area contributed by atoms with Crippen molar-refractivity contribution in [2.24, 2.45) is 5.73 Å². The molecule has 0 aromatic heterocycles. The molecule has 3 unspecified atom stereocenters. The van der Waals surface area contributed by atoms with E-state index >= 15 is 0 Å². The van der Waals surface area contributed by atoms with Crippen molar-refractivity contribution >= 4 is 26.7 Å². The van der Waals surface area contributed by atoms with Gasteiger partial charge in [0.25, 0.3) is 0 Å². The highest BCUT2D eigenvalue weighted by atomic mass is 79.9. The fourth-order valence-corrected chi connectivity index (χ4v) is 4.67. The first-order chi connectivity index (χ1) is 9.16. The lowest BCUT2D eigenvalue weighted by atomic mass is 10.1. The molecule has 0 spiro atoms. The molecule has 2 aromatic carbocycles. The van der Waals surface area contributed by atoms with Crippen LogP contribution in [-0.4, -0.2) is 9.46 Å². The van der Waals surface area contributed by atoms with Crippen LogP contribution in [-0.2, 0) is 17.2 Å². The van der Waals surface area contributed by atoms with Crippen LogP contribution in [0.15, 0.2) is 57.9 Å². The number of hydrogen-bond donors (Lipinski definition) is 1. The third-order valence-corrected chi connectivity index (χ3v) is 5.76. The van der Waals surface area contributed by atoms with Crippen molar-refractivity contribution in [3.8, 4) is 0 Å². The van der Waals surface area contributed by atoms with Crippen LogP contribution in [0.4, 0.5) is 0 Å². The van der Waals surface area contributed by atoms with Gasteiger partial charge in [-0.05, 0) is 35.7 Å². The molecule has 2 N–H and O–H groups in total. The summed E-state index contributed by atoms with van der Waals surface area (Å²) in [7, 11) is -1.08. The molecule has 0 bridgehead atoms. The van der Waals surface area contributed by atoms with Gasteiger partial charge in [0.2, 0.25) is 0 Å². The Bertz CT molecular complexity index is 644. The molecule has 0 fully saturated rings. The molecule has 3 rings (SSSR count). The zero-order valence-electron chi connectivity index (χ0n) is 10.3. The van der Waals surface area contributed by atoms with Gasteiger partial charge in [-0.2, -0.15) is 0 Å². The second-order valence-electron chi connectivity index (χ2n) is 4.72. The number of hydrogen-bond acceptors (Lipinski definition) is 2. The molecule has 2 aromatic rings. The van der Waals surface area contributed by atoms with E-state index in [9.17, 15) is 4.21 Å². The molecular formula is C15H14BrNOS. The van der Waals surface area contributed by atoms with Crippen molar-refractivity contribution < 1.29 is 4.21 Å². The number of benzene rings is 2. The van der Waals surface area contributed by atoms with E-state index in [1.165, 1.54) is 5.56 Å². The summed E-state index contributed by atoms with van der Waals surface area (Å²) in [4.78, 5) is 0.836. The number of halogens is 1. The maximum absolute atomic E-state index is 12.7. The fourth-order valence-electron chi connectivity index (χ4n) is 2.57. The summed E-state index contributed by atoms with van der Waals surface area (Å²) < 4.78 is 13.6. The minimum atomic E-state index is -1.08. The summed E-state index contributed by atoms with van der Waals surface area (Å²) in [5, 5.41) is -0.0355.